The number of nitrogens with zero attached hydrogens (tertiary/aromatic N) is 3. The van der Waals surface area contributed by atoms with Gasteiger partial charge in [-0.2, -0.15) is 5.10 Å². The van der Waals surface area contributed by atoms with Gasteiger partial charge in [-0.3, -0.25) is 9.31 Å². The van der Waals surface area contributed by atoms with Crippen molar-refractivity contribution in [3.05, 3.63) is 59.2 Å². The fourth-order valence-electron chi connectivity index (χ4n) is 2.18. The third kappa shape index (κ3) is 3.66. The van der Waals surface area contributed by atoms with Crippen molar-refractivity contribution in [2.24, 2.45) is 0 Å². The van der Waals surface area contributed by atoms with E-state index in [0.717, 1.165) is 22.6 Å². The van der Waals surface area contributed by atoms with E-state index < -0.39 is 11.1 Å². The normalized spacial score (nSPS) is 12.1. The van der Waals surface area contributed by atoms with Gasteiger partial charge in [0.1, 0.15) is 11.6 Å². The smallest absolute Gasteiger partial charge is 0.156 e. The Bertz CT molecular complexity index is 882. The number of anilines is 2. The van der Waals surface area contributed by atoms with Gasteiger partial charge < -0.3 is 9.87 Å². The molecule has 0 fully saturated rings. The van der Waals surface area contributed by atoms with Crippen LogP contribution in [-0.4, -0.2) is 28.9 Å². The molecule has 1 aromatic carbocycles. The number of benzene rings is 1. The highest BCUT2D eigenvalue weighted by molar-refractivity contribution is 7.79. The summed E-state index contributed by atoms with van der Waals surface area (Å²) in [5.74, 6) is 2.03. The molecular formula is C16H18N5O2S-. The fraction of sp³-hybridized carbons (Fsp3) is 0.188. The van der Waals surface area contributed by atoms with Crippen LogP contribution in [0.1, 0.15) is 24.1 Å². The summed E-state index contributed by atoms with van der Waals surface area (Å²) in [7, 11) is 0. The van der Waals surface area contributed by atoms with Crippen LogP contribution in [-0.2, 0) is 17.5 Å². The standard InChI is InChI=1S/C16H17N5O2S.H2/c1-10-11(2)20-21-16(10)19-14-7-8-17-15(18-14)9-12-3-5-13(6-4-12)24(22)23;/h3-8H,9H2,1-2H3,(H,22,23)(H2,17,18,19,20,21);1H/p-1. The molecule has 7 nitrogen and oxygen atoms in total. The molecule has 1 atom stereocenters. The van der Waals surface area contributed by atoms with Crippen molar-refractivity contribution in [2.75, 3.05) is 5.32 Å². The molecule has 8 heteroatoms. The lowest BCUT2D eigenvalue weighted by molar-refractivity contribution is 0.537. The van der Waals surface area contributed by atoms with Crippen molar-refractivity contribution in [1.82, 2.24) is 20.2 Å². The van der Waals surface area contributed by atoms with Gasteiger partial charge in [-0.1, -0.05) is 12.1 Å². The Morgan fingerprint density at radius 1 is 1.25 bits per heavy atom. The Morgan fingerprint density at radius 3 is 2.62 bits per heavy atom. The van der Waals surface area contributed by atoms with E-state index in [-0.39, 0.29) is 6.32 Å². The molecule has 1 unspecified atom stereocenters. The predicted octanol–water partition coefficient (Wildman–Crippen LogP) is 2.63. The van der Waals surface area contributed by atoms with Gasteiger partial charge in [-0.05, 0) is 48.7 Å². The molecule has 3 aromatic rings. The van der Waals surface area contributed by atoms with E-state index in [1.54, 1.807) is 36.5 Å². The lowest BCUT2D eigenvalue weighted by Crippen LogP contribution is -2.01. The molecule has 0 aliphatic carbocycles. The minimum Gasteiger partial charge on any atom is -0.768 e. The summed E-state index contributed by atoms with van der Waals surface area (Å²) in [6.45, 7) is 3.93. The summed E-state index contributed by atoms with van der Waals surface area (Å²) in [4.78, 5) is 9.00. The second-order valence-electron chi connectivity index (χ2n) is 5.36. The molecule has 126 valence electrons. The fourth-order valence-corrected chi connectivity index (χ4v) is 2.54. The van der Waals surface area contributed by atoms with Gasteiger partial charge in [-0.15, -0.1) is 0 Å². The highest BCUT2D eigenvalue weighted by Crippen LogP contribution is 2.18. The van der Waals surface area contributed by atoms with E-state index in [0.29, 0.717) is 18.1 Å². The quantitative estimate of drug-likeness (QED) is 0.689. The maximum Gasteiger partial charge on any atom is 0.156 e. The van der Waals surface area contributed by atoms with E-state index in [1.807, 2.05) is 13.8 Å². The third-order valence-corrected chi connectivity index (χ3v) is 4.34. The first kappa shape index (κ1) is 16.3. The zero-order valence-electron chi connectivity index (χ0n) is 13.2. The summed E-state index contributed by atoms with van der Waals surface area (Å²) >= 11 is -2.21. The summed E-state index contributed by atoms with van der Waals surface area (Å²) in [6, 6.07) is 8.43. The van der Waals surface area contributed by atoms with E-state index in [2.05, 4.69) is 25.5 Å². The third-order valence-electron chi connectivity index (χ3n) is 3.68. The predicted molar refractivity (Wildman–Crippen MR) is 91.9 cm³/mol. The monoisotopic (exact) mass is 344 g/mol. The number of hydrogen-bond acceptors (Lipinski definition) is 6. The average Bonchev–Trinajstić information content (AvgIpc) is 2.88. The SMILES string of the molecule is Cc1[nH]nc(Nc2ccnc(Cc3ccc(S(=O)[O-])cc3)n2)c1C.[HH]. The molecule has 0 bridgehead atoms. The molecule has 0 aliphatic rings. The van der Waals surface area contributed by atoms with Gasteiger partial charge in [-0.25, -0.2) is 9.97 Å². The summed E-state index contributed by atoms with van der Waals surface area (Å²) in [6.07, 6.45) is 2.19. The van der Waals surface area contributed by atoms with Gasteiger partial charge in [0.2, 0.25) is 0 Å². The van der Waals surface area contributed by atoms with Crippen LogP contribution < -0.4 is 5.32 Å². The second kappa shape index (κ2) is 6.90. The maximum absolute atomic E-state index is 10.9. The number of nitrogens with one attached hydrogen (secondary N) is 2. The Hall–Kier alpha value is -2.58. The molecule has 0 saturated heterocycles. The molecule has 0 saturated carbocycles. The van der Waals surface area contributed by atoms with Crippen molar-refractivity contribution in [3.8, 4) is 0 Å². The Kier molecular flexibility index (Phi) is 4.68. The van der Waals surface area contributed by atoms with Crippen LogP contribution in [0.4, 0.5) is 11.6 Å². The van der Waals surface area contributed by atoms with Crippen molar-refractivity contribution >= 4 is 22.7 Å². The first-order valence-corrected chi connectivity index (χ1v) is 8.39. The topological polar surface area (TPSA) is 107 Å². The van der Waals surface area contributed by atoms with Crippen LogP contribution in [0.2, 0.25) is 0 Å². The van der Waals surface area contributed by atoms with Crippen LogP contribution in [0.25, 0.3) is 0 Å². The number of rotatable bonds is 5. The zero-order valence-corrected chi connectivity index (χ0v) is 14.1. The Morgan fingerprint density at radius 2 is 2.00 bits per heavy atom. The average molecular weight is 344 g/mol. The number of hydrogen-bond donors (Lipinski definition) is 2. The highest BCUT2D eigenvalue weighted by Gasteiger charge is 2.07. The van der Waals surface area contributed by atoms with Crippen molar-refractivity contribution in [3.63, 3.8) is 0 Å². The Labute approximate surface area is 143 Å². The molecular weight excluding hydrogens is 326 g/mol. The van der Waals surface area contributed by atoms with Crippen molar-refractivity contribution in [2.45, 2.75) is 25.2 Å². The second-order valence-corrected chi connectivity index (χ2v) is 6.30. The molecule has 24 heavy (non-hydrogen) atoms. The molecule has 0 amide bonds. The Balaban J connectivity index is 0.00000225. The molecule has 3 rings (SSSR count). The van der Waals surface area contributed by atoms with Crippen molar-refractivity contribution in [1.29, 1.82) is 0 Å². The van der Waals surface area contributed by atoms with Crippen LogP contribution in [0.15, 0.2) is 41.4 Å². The first-order chi connectivity index (χ1) is 11.5. The van der Waals surface area contributed by atoms with E-state index in [1.165, 1.54) is 0 Å². The number of H-pyrrole nitrogens is 1. The molecule has 2 aromatic heterocycles. The molecule has 0 radical (unpaired) electrons. The van der Waals surface area contributed by atoms with Gasteiger partial charge in [0.15, 0.2) is 5.82 Å². The largest absolute Gasteiger partial charge is 0.768 e. The minimum absolute atomic E-state index is 0. The summed E-state index contributed by atoms with van der Waals surface area (Å²) in [5.41, 5.74) is 2.98. The van der Waals surface area contributed by atoms with E-state index >= 15 is 0 Å². The number of aryl methyl sites for hydroxylation is 1. The van der Waals surface area contributed by atoms with E-state index in [9.17, 15) is 8.76 Å². The molecule has 2 N–H and O–H groups in total. The number of aromatic amines is 1. The molecule has 0 aliphatic heterocycles. The number of aromatic nitrogens is 4. The summed E-state index contributed by atoms with van der Waals surface area (Å²) < 4.78 is 21.8. The van der Waals surface area contributed by atoms with Crippen molar-refractivity contribution < 1.29 is 10.2 Å². The van der Waals surface area contributed by atoms with Crippen LogP contribution in [0, 0.1) is 13.8 Å². The molecule has 0 spiro atoms. The van der Waals surface area contributed by atoms with E-state index in [4.69, 9.17) is 0 Å². The summed E-state index contributed by atoms with van der Waals surface area (Å²) in [5, 5.41) is 10.3. The molecule has 2 heterocycles. The maximum atomic E-state index is 10.9. The van der Waals surface area contributed by atoms with Crippen LogP contribution in [0.5, 0.6) is 0 Å². The first-order valence-electron chi connectivity index (χ1n) is 7.31. The van der Waals surface area contributed by atoms with Gasteiger partial charge in [0, 0.05) is 30.2 Å². The lowest BCUT2D eigenvalue weighted by atomic mass is 10.1. The van der Waals surface area contributed by atoms with Gasteiger partial charge in [0.25, 0.3) is 0 Å². The van der Waals surface area contributed by atoms with Gasteiger partial charge >= 0.3 is 0 Å². The van der Waals surface area contributed by atoms with Crippen LogP contribution in [0.3, 0.4) is 0 Å². The zero-order chi connectivity index (χ0) is 17.1. The van der Waals surface area contributed by atoms with Gasteiger partial charge in [0.05, 0.1) is 0 Å². The minimum atomic E-state index is -2.21. The lowest BCUT2D eigenvalue weighted by Gasteiger charge is -2.07. The highest BCUT2D eigenvalue weighted by atomic mass is 32.2. The van der Waals surface area contributed by atoms with Crippen LogP contribution >= 0.6 is 0 Å².